The smallest absolute Gasteiger partial charge is 0.328 e. The van der Waals surface area contributed by atoms with Crippen molar-refractivity contribution in [2.75, 3.05) is 7.11 Å². The zero-order chi connectivity index (χ0) is 19.2. The minimum absolute atomic E-state index is 0.147. The SMILES string of the molecule is COC(=O)C(Cc1ccc(O)cc1)NC(=O)Cc1cccc2ccccc12. The normalized spacial score (nSPS) is 11.7. The zero-order valence-electron chi connectivity index (χ0n) is 15.0. The molecular formula is C22H21NO4. The summed E-state index contributed by atoms with van der Waals surface area (Å²) in [5.74, 6) is -0.608. The molecule has 0 heterocycles. The predicted molar refractivity (Wildman–Crippen MR) is 103 cm³/mol. The Kier molecular flexibility index (Phi) is 5.71. The van der Waals surface area contributed by atoms with Crippen LogP contribution in [0.1, 0.15) is 11.1 Å². The molecule has 0 saturated carbocycles. The Hall–Kier alpha value is -3.34. The summed E-state index contributed by atoms with van der Waals surface area (Å²) in [5.41, 5.74) is 1.72. The zero-order valence-corrected chi connectivity index (χ0v) is 15.0. The van der Waals surface area contributed by atoms with Crippen LogP contribution in [0.2, 0.25) is 0 Å². The molecule has 5 nitrogen and oxygen atoms in total. The van der Waals surface area contributed by atoms with Gasteiger partial charge in [-0.05, 0) is 34.0 Å². The number of phenolic OH excluding ortho intramolecular Hbond substituents is 1. The fraction of sp³-hybridized carbons (Fsp3) is 0.182. The van der Waals surface area contributed by atoms with E-state index in [-0.39, 0.29) is 24.5 Å². The summed E-state index contributed by atoms with van der Waals surface area (Å²) in [5, 5.41) is 14.2. The fourth-order valence-corrected chi connectivity index (χ4v) is 3.07. The summed E-state index contributed by atoms with van der Waals surface area (Å²) in [4.78, 5) is 24.7. The first-order chi connectivity index (χ1) is 13.1. The number of nitrogens with one attached hydrogen (secondary N) is 1. The van der Waals surface area contributed by atoms with E-state index in [1.807, 2.05) is 42.5 Å². The maximum Gasteiger partial charge on any atom is 0.328 e. The molecule has 3 aromatic rings. The van der Waals surface area contributed by atoms with Gasteiger partial charge in [-0.3, -0.25) is 4.79 Å². The van der Waals surface area contributed by atoms with Crippen molar-refractivity contribution >= 4 is 22.6 Å². The van der Waals surface area contributed by atoms with Gasteiger partial charge in [-0.25, -0.2) is 4.79 Å². The Morgan fingerprint density at radius 3 is 2.44 bits per heavy atom. The van der Waals surface area contributed by atoms with Gasteiger partial charge in [-0.15, -0.1) is 0 Å². The van der Waals surface area contributed by atoms with Crippen molar-refractivity contribution in [2.45, 2.75) is 18.9 Å². The third-order valence-electron chi connectivity index (χ3n) is 4.43. The van der Waals surface area contributed by atoms with E-state index >= 15 is 0 Å². The highest BCUT2D eigenvalue weighted by atomic mass is 16.5. The Balaban J connectivity index is 1.74. The number of hydrogen-bond acceptors (Lipinski definition) is 4. The van der Waals surface area contributed by atoms with Gasteiger partial charge in [0.2, 0.25) is 5.91 Å². The van der Waals surface area contributed by atoms with Gasteiger partial charge in [-0.2, -0.15) is 0 Å². The summed E-state index contributed by atoms with van der Waals surface area (Å²) in [6.45, 7) is 0. The molecule has 0 bridgehead atoms. The first kappa shape index (κ1) is 18.5. The standard InChI is InChI=1S/C22H21NO4/c1-27-22(26)20(13-15-9-11-18(24)12-10-15)23-21(25)14-17-7-4-6-16-5-2-3-8-19(16)17/h2-12,20,24H,13-14H2,1H3,(H,23,25). The largest absolute Gasteiger partial charge is 0.508 e. The van der Waals surface area contributed by atoms with Crippen LogP contribution < -0.4 is 5.32 Å². The molecule has 0 aliphatic rings. The minimum Gasteiger partial charge on any atom is -0.508 e. The van der Waals surface area contributed by atoms with Gasteiger partial charge in [0.15, 0.2) is 0 Å². The first-order valence-electron chi connectivity index (χ1n) is 8.68. The van der Waals surface area contributed by atoms with Crippen LogP contribution in [0.5, 0.6) is 5.75 Å². The van der Waals surface area contributed by atoms with Crippen LogP contribution in [-0.4, -0.2) is 30.1 Å². The van der Waals surface area contributed by atoms with Gasteiger partial charge in [0.25, 0.3) is 0 Å². The predicted octanol–water partition coefficient (Wildman–Crippen LogP) is 2.99. The van der Waals surface area contributed by atoms with Crippen LogP contribution in [-0.2, 0) is 27.2 Å². The quantitative estimate of drug-likeness (QED) is 0.660. The van der Waals surface area contributed by atoms with E-state index < -0.39 is 12.0 Å². The Bertz CT molecular complexity index is 945. The number of ether oxygens (including phenoxy) is 1. The number of methoxy groups -OCH3 is 1. The van der Waals surface area contributed by atoms with Crippen molar-refractivity contribution in [3.05, 3.63) is 77.9 Å². The second kappa shape index (κ2) is 8.36. The topological polar surface area (TPSA) is 75.6 Å². The molecule has 1 atom stereocenters. The molecule has 0 radical (unpaired) electrons. The molecule has 138 valence electrons. The van der Waals surface area contributed by atoms with E-state index in [0.717, 1.165) is 21.9 Å². The fourth-order valence-electron chi connectivity index (χ4n) is 3.07. The molecule has 1 amide bonds. The highest BCUT2D eigenvalue weighted by Gasteiger charge is 2.22. The summed E-state index contributed by atoms with van der Waals surface area (Å²) in [7, 11) is 1.29. The van der Waals surface area contributed by atoms with Crippen molar-refractivity contribution in [1.29, 1.82) is 0 Å². The Morgan fingerprint density at radius 2 is 1.70 bits per heavy atom. The molecule has 0 aliphatic heterocycles. The number of rotatable bonds is 6. The number of amides is 1. The van der Waals surface area contributed by atoms with Gasteiger partial charge in [0.1, 0.15) is 11.8 Å². The molecule has 3 rings (SSSR count). The number of carbonyl (C=O) groups is 2. The summed E-state index contributed by atoms with van der Waals surface area (Å²) >= 11 is 0. The average Bonchev–Trinajstić information content (AvgIpc) is 2.69. The molecule has 0 aromatic heterocycles. The van der Waals surface area contributed by atoms with Crippen LogP contribution in [0.15, 0.2) is 66.7 Å². The Morgan fingerprint density at radius 1 is 1.00 bits per heavy atom. The lowest BCUT2D eigenvalue weighted by Gasteiger charge is -2.17. The van der Waals surface area contributed by atoms with Crippen molar-refractivity contribution in [3.63, 3.8) is 0 Å². The lowest BCUT2D eigenvalue weighted by molar-refractivity contribution is -0.145. The van der Waals surface area contributed by atoms with E-state index in [1.54, 1.807) is 24.3 Å². The number of esters is 1. The first-order valence-corrected chi connectivity index (χ1v) is 8.68. The molecule has 3 aromatic carbocycles. The van der Waals surface area contributed by atoms with Crippen molar-refractivity contribution < 1.29 is 19.4 Å². The van der Waals surface area contributed by atoms with Crippen LogP contribution >= 0.6 is 0 Å². The summed E-state index contributed by atoms with van der Waals surface area (Å²) < 4.78 is 4.83. The van der Waals surface area contributed by atoms with Crippen molar-refractivity contribution in [3.8, 4) is 5.75 Å². The summed E-state index contributed by atoms with van der Waals surface area (Å²) in [6.07, 6.45) is 0.457. The Labute approximate surface area is 157 Å². The molecule has 5 heteroatoms. The molecule has 0 saturated heterocycles. The number of phenols is 1. The molecule has 27 heavy (non-hydrogen) atoms. The number of fused-ring (bicyclic) bond motifs is 1. The third kappa shape index (κ3) is 4.64. The second-order valence-corrected chi connectivity index (χ2v) is 6.33. The van der Waals surface area contributed by atoms with E-state index in [9.17, 15) is 14.7 Å². The lowest BCUT2D eigenvalue weighted by atomic mass is 10.0. The molecule has 0 fully saturated rings. The van der Waals surface area contributed by atoms with Crippen molar-refractivity contribution in [2.24, 2.45) is 0 Å². The average molecular weight is 363 g/mol. The van der Waals surface area contributed by atoms with Crippen molar-refractivity contribution in [1.82, 2.24) is 5.32 Å². The van der Waals surface area contributed by atoms with Crippen LogP contribution in [0.3, 0.4) is 0 Å². The van der Waals surface area contributed by atoms with E-state index in [4.69, 9.17) is 4.74 Å². The highest BCUT2D eigenvalue weighted by Crippen LogP contribution is 2.19. The maximum absolute atomic E-state index is 12.6. The summed E-state index contributed by atoms with van der Waals surface area (Å²) in [6, 6.07) is 19.4. The van der Waals surface area contributed by atoms with Gasteiger partial charge < -0.3 is 15.2 Å². The maximum atomic E-state index is 12.6. The van der Waals surface area contributed by atoms with Crippen LogP contribution in [0.25, 0.3) is 10.8 Å². The molecular weight excluding hydrogens is 342 g/mol. The number of hydrogen-bond donors (Lipinski definition) is 2. The highest BCUT2D eigenvalue weighted by molar-refractivity contribution is 5.91. The number of benzene rings is 3. The minimum atomic E-state index is -0.790. The number of carbonyl (C=O) groups excluding carboxylic acids is 2. The second-order valence-electron chi connectivity index (χ2n) is 6.33. The van der Waals surface area contributed by atoms with Gasteiger partial charge in [-0.1, -0.05) is 54.6 Å². The molecule has 1 unspecified atom stereocenters. The van der Waals surface area contributed by atoms with Gasteiger partial charge >= 0.3 is 5.97 Å². The van der Waals surface area contributed by atoms with Crippen LogP contribution in [0, 0.1) is 0 Å². The molecule has 0 aliphatic carbocycles. The van der Waals surface area contributed by atoms with E-state index in [1.165, 1.54) is 7.11 Å². The molecule has 0 spiro atoms. The van der Waals surface area contributed by atoms with Gasteiger partial charge in [0, 0.05) is 6.42 Å². The monoisotopic (exact) mass is 363 g/mol. The molecule has 2 N–H and O–H groups in total. The number of aromatic hydroxyl groups is 1. The van der Waals surface area contributed by atoms with E-state index in [2.05, 4.69) is 5.32 Å². The lowest BCUT2D eigenvalue weighted by Crippen LogP contribution is -2.43. The van der Waals surface area contributed by atoms with E-state index in [0.29, 0.717) is 0 Å². The third-order valence-corrected chi connectivity index (χ3v) is 4.43. The van der Waals surface area contributed by atoms with Gasteiger partial charge in [0.05, 0.1) is 13.5 Å². The van der Waals surface area contributed by atoms with Crippen LogP contribution in [0.4, 0.5) is 0 Å².